The van der Waals surface area contributed by atoms with E-state index < -0.39 is 0 Å². The molecular weight excluding hydrogens is 572 g/mol. The molecule has 246 valence electrons. The van der Waals surface area contributed by atoms with E-state index in [1.54, 1.807) is 0 Å². The third-order valence-corrected chi connectivity index (χ3v) is 7.17. The van der Waals surface area contributed by atoms with E-state index in [9.17, 15) is 0 Å². The summed E-state index contributed by atoms with van der Waals surface area (Å²) >= 11 is 0. The van der Waals surface area contributed by atoms with Crippen LogP contribution in [0.1, 0.15) is 38.8 Å². The van der Waals surface area contributed by atoms with Crippen molar-refractivity contribution in [3.63, 3.8) is 0 Å². The van der Waals surface area contributed by atoms with Crippen molar-refractivity contribution in [2.45, 2.75) is 63.5 Å². The molecule has 45 heavy (non-hydrogen) atoms. The highest BCUT2D eigenvalue weighted by Gasteiger charge is 2.26. The summed E-state index contributed by atoms with van der Waals surface area (Å²) in [6.07, 6.45) is 0.905. The zero-order chi connectivity index (χ0) is 32.1. The SMILES string of the molecule is CC(C)(c1ccc(OCC2CO2)cc1)c1ccc(OCC2CO2)cc1.CC(N)COCC(C)N.c1ccc(OCC2CO2)cc1. The van der Waals surface area contributed by atoms with Gasteiger partial charge in [-0.1, -0.05) is 56.3 Å². The van der Waals surface area contributed by atoms with Crippen LogP contribution in [0.5, 0.6) is 17.2 Å². The number of epoxide rings is 3. The van der Waals surface area contributed by atoms with Crippen molar-refractivity contribution in [2.75, 3.05) is 52.9 Å². The van der Waals surface area contributed by atoms with Crippen molar-refractivity contribution in [1.82, 2.24) is 0 Å². The number of benzene rings is 3. The van der Waals surface area contributed by atoms with Crippen molar-refractivity contribution < 1.29 is 33.2 Å². The molecule has 9 heteroatoms. The predicted octanol–water partition coefficient (Wildman–Crippen LogP) is 4.73. The van der Waals surface area contributed by atoms with Gasteiger partial charge in [-0.15, -0.1) is 0 Å². The minimum absolute atomic E-state index is 0.0870. The number of ether oxygens (including phenoxy) is 7. The van der Waals surface area contributed by atoms with Crippen LogP contribution in [-0.4, -0.2) is 83.3 Å². The second-order valence-corrected chi connectivity index (χ2v) is 12.3. The summed E-state index contributed by atoms with van der Waals surface area (Å²) in [4.78, 5) is 0. The lowest BCUT2D eigenvalue weighted by Gasteiger charge is -2.26. The first-order chi connectivity index (χ1) is 21.7. The van der Waals surface area contributed by atoms with E-state index in [2.05, 4.69) is 38.1 Å². The largest absolute Gasteiger partial charge is 0.491 e. The molecule has 3 aliphatic rings. The topological polar surface area (TPSA) is 127 Å². The summed E-state index contributed by atoms with van der Waals surface area (Å²) in [5, 5.41) is 0. The van der Waals surface area contributed by atoms with Gasteiger partial charge in [0.15, 0.2) is 0 Å². The summed E-state index contributed by atoms with van der Waals surface area (Å²) < 4.78 is 37.3. The van der Waals surface area contributed by atoms with E-state index in [0.717, 1.165) is 37.1 Å². The van der Waals surface area contributed by atoms with Crippen molar-refractivity contribution in [3.8, 4) is 17.2 Å². The van der Waals surface area contributed by atoms with E-state index in [0.29, 0.717) is 39.1 Å². The Hall–Kier alpha value is -3.18. The molecule has 3 aliphatic heterocycles. The molecular formula is C36H50N2O7. The van der Waals surface area contributed by atoms with Crippen LogP contribution in [0.15, 0.2) is 78.9 Å². The average molecular weight is 623 g/mol. The highest BCUT2D eigenvalue weighted by Crippen LogP contribution is 2.33. The number of hydrogen-bond acceptors (Lipinski definition) is 9. The van der Waals surface area contributed by atoms with Crippen molar-refractivity contribution >= 4 is 0 Å². The van der Waals surface area contributed by atoms with Gasteiger partial charge in [0.2, 0.25) is 0 Å². The first-order valence-electron chi connectivity index (χ1n) is 15.8. The van der Waals surface area contributed by atoms with Gasteiger partial charge in [0.1, 0.15) is 55.4 Å². The molecule has 9 nitrogen and oxygen atoms in total. The molecule has 0 bridgehead atoms. The molecule has 0 aromatic heterocycles. The Labute approximate surface area is 268 Å². The Morgan fingerprint density at radius 2 is 0.933 bits per heavy atom. The summed E-state index contributed by atoms with van der Waals surface area (Å²) in [7, 11) is 0. The average Bonchev–Trinajstić information content (AvgIpc) is 3.87. The first kappa shape index (κ1) is 34.7. The zero-order valence-electron chi connectivity index (χ0n) is 27.1. The molecule has 4 N–H and O–H groups in total. The first-order valence-corrected chi connectivity index (χ1v) is 15.8. The molecule has 0 radical (unpaired) electrons. The Bertz CT molecular complexity index is 1160. The van der Waals surface area contributed by atoms with E-state index in [-0.39, 0.29) is 29.7 Å². The van der Waals surface area contributed by atoms with Crippen molar-refractivity contribution in [1.29, 1.82) is 0 Å². The maximum atomic E-state index is 5.72. The van der Waals surface area contributed by atoms with Crippen LogP contribution < -0.4 is 25.7 Å². The number of rotatable bonds is 15. The fourth-order valence-electron chi connectivity index (χ4n) is 4.12. The molecule has 3 aromatic carbocycles. The predicted molar refractivity (Wildman–Crippen MR) is 175 cm³/mol. The molecule has 5 unspecified atom stereocenters. The fraction of sp³-hybridized carbons (Fsp3) is 0.500. The summed E-state index contributed by atoms with van der Waals surface area (Å²) in [6, 6.07) is 26.7. The second kappa shape index (κ2) is 17.5. The summed E-state index contributed by atoms with van der Waals surface area (Å²) in [5.74, 6) is 2.70. The second-order valence-electron chi connectivity index (χ2n) is 12.3. The van der Waals surface area contributed by atoms with E-state index in [1.807, 2.05) is 68.4 Å². The molecule has 0 amide bonds. The van der Waals surface area contributed by atoms with Crippen LogP contribution >= 0.6 is 0 Å². The highest BCUT2D eigenvalue weighted by molar-refractivity contribution is 5.41. The zero-order valence-corrected chi connectivity index (χ0v) is 27.1. The van der Waals surface area contributed by atoms with Crippen LogP contribution in [0, 0.1) is 0 Å². The van der Waals surface area contributed by atoms with Gasteiger partial charge >= 0.3 is 0 Å². The van der Waals surface area contributed by atoms with Crippen LogP contribution in [0.2, 0.25) is 0 Å². The van der Waals surface area contributed by atoms with Gasteiger partial charge in [-0.05, 0) is 61.4 Å². The molecule has 3 fully saturated rings. The normalized spacial score (nSPS) is 20.7. The third kappa shape index (κ3) is 13.8. The van der Waals surface area contributed by atoms with Gasteiger partial charge in [-0.2, -0.15) is 0 Å². The van der Waals surface area contributed by atoms with E-state index in [4.69, 9.17) is 44.6 Å². The maximum absolute atomic E-state index is 5.72. The highest BCUT2D eigenvalue weighted by atomic mass is 16.6. The Morgan fingerprint density at radius 3 is 1.24 bits per heavy atom. The van der Waals surface area contributed by atoms with Crippen molar-refractivity contribution in [3.05, 3.63) is 90.0 Å². The lowest BCUT2D eigenvalue weighted by atomic mass is 9.78. The van der Waals surface area contributed by atoms with Gasteiger partial charge in [-0.3, -0.25) is 0 Å². The Balaban J connectivity index is 0.000000190. The van der Waals surface area contributed by atoms with Gasteiger partial charge in [0.05, 0.1) is 33.0 Å². The maximum Gasteiger partial charge on any atom is 0.119 e. The van der Waals surface area contributed by atoms with Crippen LogP contribution in [0.25, 0.3) is 0 Å². The number of para-hydroxylation sites is 1. The van der Waals surface area contributed by atoms with E-state index >= 15 is 0 Å². The number of hydrogen-bond donors (Lipinski definition) is 2. The Morgan fingerprint density at radius 1 is 0.600 bits per heavy atom. The van der Waals surface area contributed by atoms with Crippen LogP contribution in [0.4, 0.5) is 0 Å². The summed E-state index contributed by atoms with van der Waals surface area (Å²) in [5.41, 5.74) is 13.2. The Kier molecular flexibility index (Phi) is 13.5. The van der Waals surface area contributed by atoms with Gasteiger partial charge in [-0.25, -0.2) is 0 Å². The van der Waals surface area contributed by atoms with Gasteiger partial charge in [0, 0.05) is 17.5 Å². The van der Waals surface area contributed by atoms with Crippen LogP contribution in [-0.2, 0) is 24.4 Å². The third-order valence-electron chi connectivity index (χ3n) is 7.17. The standard InChI is InChI=1S/C21H24O4.C9H10O2.C6H16N2O/c1-21(2,15-3-7-17(8-4-15)22-11-19-13-24-19)16-5-9-18(10-6-16)23-12-20-14-25-20;1-2-4-8(5-3-1)10-6-9-7-11-9;1-5(7)3-9-4-6(2)8/h3-10,19-20H,11-14H2,1-2H3;1-5,9H,6-7H2;5-6H,3-4,7-8H2,1-2H3. The lowest BCUT2D eigenvalue weighted by Crippen LogP contribution is -2.27. The smallest absolute Gasteiger partial charge is 0.119 e. The molecule has 0 aliphatic carbocycles. The molecule has 6 rings (SSSR count). The molecule has 0 spiro atoms. The lowest BCUT2D eigenvalue weighted by molar-refractivity contribution is 0.115. The van der Waals surface area contributed by atoms with Crippen LogP contribution in [0.3, 0.4) is 0 Å². The van der Waals surface area contributed by atoms with Crippen molar-refractivity contribution in [2.24, 2.45) is 11.5 Å². The fourth-order valence-corrected chi connectivity index (χ4v) is 4.12. The van der Waals surface area contributed by atoms with E-state index in [1.165, 1.54) is 11.1 Å². The summed E-state index contributed by atoms with van der Waals surface area (Å²) in [6.45, 7) is 13.9. The minimum Gasteiger partial charge on any atom is -0.491 e. The number of nitrogens with two attached hydrogens (primary N) is 2. The quantitative estimate of drug-likeness (QED) is 0.231. The minimum atomic E-state index is -0.0870. The molecule has 3 heterocycles. The van der Waals surface area contributed by atoms with Gasteiger partial charge < -0.3 is 44.6 Å². The molecule has 3 aromatic rings. The molecule has 3 saturated heterocycles. The van der Waals surface area contributed by atoms with Gasteiger partial charge in [0.25, 0.3) is 0 Å². The molecule has 5 atom stereocenters. The molecule has 0 saturated carbocycles. The monoisotopic (exact) mass is 622 g/mol.